The maximum Gasteiger partial charge on any atom is 0.430 e. The van der Waals surface area contributed by atoms with Crippen LogP contribution >= 0.6 is 11.8 Å². The summed E-state index contributed by atoms with van der Waals surface area (Å²) in [5.41, 5.74) is 4.65. The van der Waals surface area contributed by atoms with Gasteiger partial charge in [0, 0.05) is 0 Å². The molecule has 1 heterocycles. The van der Waals surface area contributed by atoms with Gasteiger partial charge in [-0.3, -0.25) is 4.84 Å². The number of ether oxygens (including phenoxy) is 1. The minimum atomic E-state index is -0.903. The Hall–Kier alpha value is -0.750. The summed E-state index contributed by atoms with van der Waals surface area (Å²) in [5, 5.41) is 4.04. The van der Waals surface area contributed by atoms with E-state index in [1.807, 2.05) is 0 Å². The topological polar surface area (TPSA) is 73.9 Å². The standard InChI is InChI=1S/C4H6N2O3S/c5-4(7)9-6-3-1-8-2-10-3/h1-2H2,(H2,5,7)/b6-3-. The first kappa shape index (κ1) is 7.36. The second kappa shape index (κ2) is 3.43. The smallest absolute Gasteiger partial charge is 0.363 e. The van der Waals surface area contributed by atoms with E-state index in [0.717, 1.165) is 0 Å². The molecule has 2 N–H and O–H groups in total. The van der Waals surface area contributed by atoms with Crippen molar-refractivity contribution in [2.24, 2.45) is 10.9 Å². The van der Waals surface area contributed by atoms with Crippen molar-refractivity contribution in [3.05, 3.63) is 0 Å². The number of hydrogen-bond acceptors (Lipinski definition) is 5. The van der Waals surface area contributed by atoms with E-state index in [0.29, 0.717) is 17.6 Å². The lowest BCUT2D eigenvalue weighted by atomic mass is 10.8. The van der Waals surface area contributed by atoms with Gasteiger partial charge in [-0.1, -0.05) is 16.9 Å². The number of thioether (sulfide) groups is 1. The zero-order valence-corrected chi connectivity index (χ0v) is 5.89. The second-order valence-corrected chi connectivity index (χ2v) is 2.50. The van der Waals surface area contributed by atoms with E-state index in [2.05, 4.69) is 15.7 Å². The molecule has 1 amide bonds. The third-order valence-corrected chi connectivity index (χ3v) is 1.58. The van der Waals surface area contributed by atoms with Crippen LogP contribution < -0.4 is 5.73 Å². The number of amides is 1. The molecule has 56 valence electrons. The Bertz CT molecular complexity index is 162. The Morgan fingerprint density at radius 2 is 2.70 bits per heavy atom. The summed E-state index contributed by atoms with van der Waals surface area (Å²) < 4.78 is 4.89. The molecule has 5 nitrogen and oxygen atoms in total. The second-order valence-electron chi connectivity index (χ2n) is 1.51. The normalized spacial score (nSPS) is 21.4. The lowest BCUT2D eigenvalue weighted by molar-refractivity contribution is 0.160. The zero-order valence-electron chi connectivity index (χ0n) is 5.07. The largest absolute Gasteiger partial charge is 0.430 e. The van der Waals surface area contributed by atoms with E-state index in [1.165, 1.54) is 11.8 Å². The monoisotopic (exact) mass is 162 g/mol. The molecule has 0 unspecified atom stereocenters. The van der Waals surface area contributed by atoms with Gasteiger partial charge in [0.25, 0.3) is 0 Å². The summed E-state index contributed by atoms with van der Waals surface area (Å²) >= 11 is 1.38. The molecule has 0 spiro atoms. The minimum Gasteiger partial charge on any atom is -0.363 e. The Morgan fingerprint density at radius 1 is 1.90 bits per heavy atom. The lowest BCUT2D eigenvalue weighted by Gasteiger charge is -1.89. The number of primary amides is 1. The molecule has 1 saturated heterocycles. The van der Waals surface area contributed by atoms with Crippen molar-refractivity contribution in [2.75, 3.05) is 12.5 Å². The number of nitrogens with two attached hydrogens (primary N) is 1. The molecular weight excluding hydrogens is 156 g/mol. The van der Waals surface area contributed by atoms with Crippen LogP contribution in [0.3, 0.4) is 0 Å². The Morgan fingerprint density at radius 3 is 3.20 bits per heavy atom. The van der Waals surface area contributed by atoms with Crippen LogP contribution in [0.1, 0.15) is 0 Å². The Balaban J connectivity index is 2.31. The third kappa shape index (κ3) is 2.24. The van der Waals surface area contributed by atoms with Crippen molar-refractivity contribution in [1.82, 2.24) is 0 Å². The molecule has 1 aliphatic heterocycles. The van der Waals surface area contributed by atoms with Gasteiger partial charge in [-0.25, -0.2) is 4.79 Å². The van der Waals surface area contributed by atoms with E-state index in [9.17, 15) is 4.79 Å². The quantitative estimate of drug-likeness (QED) is 0.439. The summed E-state index contributed by atoms with van der Waals surface area (Å²) in [6.07, 6.45) is -0.903. The molecule has 0 saturated carbocycles. The summed E-state index contributed by atoms with van der Waals surface area (Å²) in [4.78, 5) is 14.2. The predicted molar refractivity (Wildman–Crippen MR) is 36.5 cm³/mol. The van der Waals surface area contributed by atoms with Crippen LogP contribution in [-0.4, -0.2) is 23.7 Å². The van der Waals surface area contributed by atoms with E-state index >= 15 is 0 Å². The molecule has 1 fully saturated rings. The highest BCUT2D eigenvalue weighted by Gasteiger charge is 2.09. The van der Waals surface area contributed by atoms with Crippen molar-refractivity contribution >= 4 is 22.9 Å². The fraction of sp³-hybridized carbons (Fsp3) is 0.500. The van der Waals surface area contributed by atoms with Gasteiger partial charge in [0.2, 0.25) is 0 Å². The SMILES string of the molecule is NC(=O)O/N=C1/COCS1. The number of oxime groups is 1. The Labute approximate surface area is 61.5 Å². The van der Waals surface area contributed by atoms with Crippen LogP contribution in [0.5, 0.6) is 0 Å². The molecule has 10 heavy (non-hydrogen) atoms. The van der Waals surface area contributed by atoms with Gasteiger partial charge < -0.3 is 10.5 Å². The maximum atomic E-state index is 10.00. The van der Waals surface area contributed by atoms with Crippen molar-refractivity contribution < 1.29 is 14.4 Å². The van der Waals surface area contributed by atoms with Gasteiger partial charge in [-0.15, -0.1) is 0 Å². The average Bonchev–Trinajstić information content (AvgIpc) is 2.34. The summed E-state index contributed by atoms with van der Waals surface area (Å²) in [5.74, 6) is 0.557. The first-order valence-electron chi connectivity index (χ1n) is 2.53. The third-order valence-electron chi connectivity index (χ3n) is 0.772. The van der Waals surface area contributed by atoms with Crippen LogP contribution in [0.2, 0.25) is 0 Å². The number of carbonyl (C=O) groups excluding carboxylic acids is 1. The summed E-state index contributed by atoms with van der Waals surface area (Å²) in [6.45, 7) is 0.401. The molecule has 1 rings (SSSR count). The van der Waals surface area contributed by atoms with Crippen molar-refractivity contribution in [1.29, 1.82) is 0 Å². The first-order chi connectivity index (χ1) is 4.79. The van der Waals surface area contributed by atoms with Crippen molar-refractivity contribution in [2.45, 2.75) is 0 Å². The lowest BCUT2D eigenvalue weighted by Crippen LogP contribution is -2.10. The molecule has 6 heteroatoms. The average molecular weight is 162 g/mol. The van der Waals surface area contributed by atoms with Crippen LogP contribution in [0.15, 0.2) is 5.16 Å². The maximum absolute atomic E-state index is 10.00. The number of hydrogen-bond donors (Lipinski definition) is 1. The summed E-state index contributed by atoms with van der Waals surface area (Å²) in [6, 6.07) is 0. The van der Waals surface area contributed by atoms with Crippen LogP contribution in [0.4, 0.5) is 4.79 Å². The highest BCUT2D eigenvalue weighted by Crippen LogP contribution is 2.12. The molecular formula is C4H6N2O3S. The van der Waals surface area contributed by atoms with E-state index < -0.39 is 6.09 Å². The first-order valence-corrected chi connectivity index (χ1v) is 3.51. The van der Waals surface area contributed by atoms with Gasteiger partial charge in [0.1, 0.15) is 5.04 Å². The zero-order chi connectivity index (χ0) is 7.40. The van der Waals surface area contributed by atoms with Gasteiger partial charge in [0.05, 0.1) is 12.5 Å². The molecule has 0 aromatic rings. The molecule has 0 aromatic heterocycles. The molecule has 0 aromatic carbocycles. The molecule has 0 aliphatic carbocycles. The number of nitrogens with zero attached hydrogens (tertiary/aromatic N) is 1. The van der Waals surface area contributed by atoms with E-state index in [4.69, 9.17) is 4.74 Å². The number of rotatable bonds is 1. The molecule has 0 atom stereocenters. The van der Waals surface area contributed by atoms with E-state index in [-0.39, 0.29) is 0 Å². The summed E-state index contributed by atoms with van der Waals surface area (Å²) in [7, 11) is 0. The molecule has 1 aliphatic rings. The van der Waals surface area contributed by atoms with Crippen LogP contribution in [0, 0.1) is 0 Å². The van der Waals surface area contributed by atoms with E-state index in [1.54, 1.807) is 0 Å². The van der Waals surface area contributed by atoms with Gasteiger partial charge in [0.15, 0.2) is 0 Å². The fourth-order valence-corrected chi connectivity index (χ4v) is 0.988. The van der Waals surface area contributed by atoms with Crippen molar-refractivity contribution in [3.8, 4) is 0 Å². The van der Waals surface area contributed by atoms with Crippen LogP contribution in [0.25, 0.3) is 0 Å². The van der Waals surface area contributed by atoms with Crippen LogP contribution in [-0.2, 0) is 9.57 Å². The molecule has 0 bridgehead atoms. The van der Waals surface area contributed by atoms with Gasteiger partial charge in [-0.05, 0) is 0 Å². The highest BCUT2D eigenvalue weighted by molar-refractivity contribution is 8.14. The minimum absolute atomic E-state index is 0.401. The van der Waals surface area contributed by atoms with Gasteiger partial charge in [-0.2, -0.15) is 0 Å². The fourth-order valence-electron chi connectivity index (χ4n) is 0.429. The molecule has 0 radical (unpaired) electrons. The highest BCUT2D eigenvalue weighted by atomic mass is 32.2. The number of carbonyl (C=O) groups is 1. The van der Waals surface area contributed by atoms with Crippen molar-refractivity contribution in [3.63, 3.8) is 0 Å². The predicted octanol–water partition coefficient (Wildman–Crippen LogP) is 0.116. The van der Waals surface area contributed by atoms with Gasteiger partial charge >= 0.3 is 6.09 Å². The Kier molecular flexibility index (Phi) is 2.52.